The monoisotopic (exact) mass is 320 g/mol. The molecule has 0 aromatic heterocycles. The minimum Gasteiger partial charge on any atom is -0.318 e. The fraction of sp³-hybridized carbons (Fsp3) is 0.400. The van der Waals surface area contributed by atoms with Crippen LogP contribution < -0.4 is 10.6 Å². The van der Waals surface area contributed by atoms with Crippen molar-refractivity contribution >= 4 is 31.9 Å². The molecule has 0 bridgehead atoms. The summed E-state index contributed by atoms with van der Waals surface area (Å²) in [7, 11) is 1.96. The van der Waals surface area contributed by atoms with Gasteiger partial charge in [-0.3, -0.25) is 0 Å². The van der Waals surface area contributed by atoms with Gasteiger partial charge >= 0.3 is 0 Å². The quantitative estimate of drug-likeness (QED) is 0.814. The molecule has 14 heavy (non-hydrogen) atoms. The highest BCUT2D eigenvalue weighted by Crippen LogP contribution is 2.21. The van der Waals surface area contributed by atoms with Gasteiger partial charge < -0.3 is 10.6 Å². The lowest BCUT2D eigenvalue weighted by atomic mass is 10.2. The second-order valence-corrected chi connectivity index (χ2v) is 4.79. The first-order chi connectivity index (χ1) is 6.74. The summed E-state index contributed by atoms with van der Waals surface area (Å²) in [6.45, 7) is 2.86. The van der Waals surface area contributed by atoms with Gasteiger partial charge in [-0.05, 0) is 30.8 Å². The van der Waals surface area contributed by atoms with E-state index in [1.807, 2.05) is 13.1 Å². The van der Waals surface area contributed by atoms with Gasteiger partial charge in [0.15, 0.2) is 0 Å². The molecule has 0 aliphatic carbocycles. The van der Waals surface area contributed by atoms with E-state index in [1.54, 1.807) is 0 Å². The third-order valence-electron chi connectivity index (χ3n) is 1.87. The molecule has 0 fully saturated rings. The molecule has 0 aliphatic rings. The number of benzene rings is 1. The predicted octanol–water partition coefficient (Wildman–Crippen LogP) is 2.52. The summed E-state index contributed by atoms with van der Waals surface area (Å²) < 4.78 is 2.27. The number of nitrogens with one attached hydrogen (secondary N) is 2. The molecular weight excluding hydrogens is 308 g/mol. The molecule has 0 saturated heterocycles. The van der Waals surface area contributed by atoms with Gasteiger partial charge in [0.1, 0.15) is 0 Å². The van der Waals surface area contributed by atoms with Gasteiger partial charge in [-0.2, -0.15) is 0 Å². The maximum Gasteiger partial charge on any atom is 0.0221 e. The number of hydrogen-bond donors (Lipinski definition) is 2. The molecule has 0 heterocycles. The first-order valence-corrected chi connectivity index (χ1v) is 6.12. The van der Waals surface area contributed by atoms with Gasteiger partial charge in [0.25, 0.3) is 0 Å². The van der Waals surface area contributed by atoms with Crippen molar-refractivity contribution in [3.05, 3.63) is 32.7 Å². The number of halogens is 2. The van der Waals surface area contributed by atoms with Gasteiger partial charge in [0.2, 0.25) is 0 Å². The fourth-order valence-corrected chi connectivity index (χ4v) is 1.91. The minimum atomic E-state index is 0.891. The highest BCUT2D eigenvalue weighted by atomic mass is 79.9. The molecule has 1 aromatic carbocycles. The summed E-state index contributed by atoms with van der Waals surface area (Å²) in [5, 5.41) is 6.45. The summed E-state index contributed by atoms with van der Waals surface area (Å²) in [4.78, 5) is 0. The Kier molecular flexibility index (Phi) is 5.70. The van der Waals surface area contributed by atoms with E-state index in [4.69, 9.17) is 0 Å². The van der Waals surface area contributed by atoms with E-state index < -0.39 is 0 Å². The van der Waals surface area contributed by atoms with E-state index in [1.165, 1.54) is 5.56 Å². The van der Waals surface area contributed by atoms with Crippen LogP contribution >= 0.6 is 31.9 Å². The van der Waals surface area contributed by atoms with E-state index in [0.29, 0.717) is 0 Å². The van der Waals surface area contributed by atoms with Crippen LogP contribution in [-0.4, -0.2) is 20.1 Å². The molecule has 0 saturated carbocycles. The van der Waals surface area contributed by atoms with Crippen LogP contribution in [-0.2, 0) is 6.54 Å². The number of rotatable bonds is 5. The van der Waals surface area contributed by atoms with Crippen molar-refractivity contribution in [1.82, 2.24) is 10.6 Å². The highest BCUT2D eigenvalue weighted by molar-refractivity contribution is 9.11. The van der Waals surface area contributed by atoms with Crippen LogP contribution in [0, 0.1) is 0 Å². The van der Waals surface area contributed by atoms with Gasteiger partial charge in [-0.15, -0.1) is 0 Å². The van der Waals surface area contributed by atoms with Gasteiger partial charge in [0, 0.05) is 28.6 Å². The molecule has 0 aliphatic heterocycles. The molecule has 78 valence electrons. The summed E-state index contributed by atoms with van der Waals surface area (Å²) in [5.74, 6) is 0. The largest absolute Gasteiger partial charge is 0.318 e. The third kappa shape index (κ3) is 4.09. The highest BCUT2D eigenvalue weighted by Gasteiger charge is 1.99. The van der Waals surface area contributed by atoms with Crippen molar-refractivity contribution in [3.63, 3.8) is 0 Å². The van der Waals surface area contributed by atoms with E-state index in [2.05, 4.69) is 54.6 Å². The number of likely N-dealkylation sites (N-methyl/N-ethyl adjacent to an activating group) is 1. The lowest BCUT2D eigenvalue weighted by molar-refractivity contribution is 0.649. The lowest BCUT2D eigenvalue weighted by Gasteiger charge is -2.07. The third-order valence-corrected chi connectivity index (χ3v) is 3.14. The molecule has 1 rings (SSSR count). The Labute approximate surface area is 102 Å². The van der Waals surface area contributed by atoms with Crippen LogP contribution in [0.2, 0.25) is 0 Å². The Hall–Kier alpha value is 0.1000. The van der Waals surface area contributed by atoms with Crippen molar-refractivity contribution in [3.8, 4) is 0 Å². The second kappa shape index (κ2) is 6.56. The Morgan fingerprint density at radius 1 is 1.21 bits per heavy atom. The molecule has 0 atom stereocenters. The van der Waals surface area contributed by atoms with Crippen molar-refractivity contribution < 1.29 is 0 Å². The average molecular weight is 322 g/mol. The normalized spacial score (nSPS) is 10.5. The van der Waals surface area contributed by atoms with Gasteiger partial charge in [-0.25, -0.2) is 0 Å². The Morgan fingerprint density at radius 2 is 2.00 bits per heavy atom. The van der Waals surface area contributed by atoms with Gasteiger partial charge in [0.05, 0.1) is 0 Å². The molecule has 1 aromatic rings. The Balaban J connectivity index is 2.45. The number of hydrogen-bond acceptors (Lipinski definition) is 2. The summed E-state index contributed by atoms with van der Waals surface area (Å²) in [6.07, 6.45) is 0. The van der Waals surface area contributed by atoms with Crippen LogP contribution in [0.5, 0.6) is 0 Å². The first-order valence-electron chi connectivity index (χ1n) is 4.53. The predicted molar refractivity (Wildman–Crippen MR) is 67.5 cm³/mol. The van der Waals surface area contributed by atoms with Crippen molar-refractivity contribution in [1.29, 1.82) is 0 Å². The summed E-state index contributed by atoms with van der Waals surface area (Å²) in [6, 6.07) is 6.21. The molecule has 4 heteroatoms. The fourth-order valence-electron chi connectivity index (χ4n) is 1.12. The molecule has 0 radical (unpaired) electrons. The standard InChI is InChI=1S/C10H14Br2N2/c1-13-4-5-14-7-8-6-9(11)2-3-10(8)12/h2-3,6,13-14H,4-5,7H2,1H3. The average Bonchev–Trinajstić information content (AvgIpc) is 2.18. The van der Waals surface area contributed by atoms with E-state index in [9.17, 15) is 0 Å². The first kappa shape index (κ1) is 12.2. The van der Waals surface area contributed by atoms with Crippen molar-refractivity contribution in [2.75, 3.05) is 20.1 Å². The molecular formula is C10H14Br2N2. The van der Waals surface area contributed by atoms with Crippen LogP contribution in [0.3, 0.4) is 0 Å². The van der Waals surface area contributed by atoms with Crippen molar-refractivity contribution in [2.45, 2.75) is 6.54 Å². The molecule has 0 spiro atoms. The zero-order chi connectivity index (χ0) is 10.4. The molecule has 0 unspecified atom stereocenters. The zero-order valence-electron chi connectivity index (χ0n) is 8.11. The van der Waals surface area contributed by atoms with Crippen LogP contribution in [0.25, 0.3) is 0 Å². The van der Waals surface area contributed by atoms with Gasteiger partial charge in [-0.1, -0.05) is 31.9 Å². The SMILES string of the molecule is CNCCNCc1cc(Br)ccc1Br. The maximum absolute atomic E-state index is 3.52. The Bertz CT molecular complexity index is 289. The van der Waals surface area contributed by atoms with Crippen LogP contribution in [0.15, 0.2) is 27.1 Å². The van der Waals surface area contributed by atoms with E-state index in [0.717, 1.165) is 28.6 Å². The topological polar surface area (TPSA) is 24.1 Å². The minimum absolute atomic E-state index is 0.891. The van der Waals surface area contributed by atoms with Crippen molar-refractivity contribution in [2.24, 2.45) is 0 Å². The van der Waals surface area contributed by atoms with E-state index in [-0.39, 0.29) is 0 Å². The zero-order valence-corrected chi connectivity index (χ0v) is 11.3. The lowest BCUT2D eigenvalue weighted by Crippen LogP contribution is -2.24. The summed E-state index contributed by atoms with van der Waals surface area (Å²) in [5.41, 5.74) is 1.27. The van der Waals surface area contributed by atoms with E-state index >= 15 is 0 Å². The molecule has 2 nitrogen and oxygen atoms in total. The Morgan fingerprint density at radius 3 is 2.71 bits per heavy atom. The smallest absolute Gasteiger partial charge is 0.0221 e. The van der Waals surface area contributed by atoms with Crippen LogP contribution in [0.4, 0.5) is 0 Å². The maximum atomic E-state index is 3.52. The molecule has 2 N–H and O–H groups in total. The molecule has 0 amide bonds. The second-order valence-electron chi connectivity index (χ2n) is 3.02. The van der Waals surface area contributed by atoms with Crippen LogP contribution in [0.1, 0.15) is 5.56 Å². The summed E-state index contributed by atoms with van der Waals surface area (Å²) >= 11 is 6.98.